The first-order valence-electron chi connectivity index (χ1n) is 5.47. The Bertz CT molecular complexity index is 211. The van der Waals surface area contributed by atoms with Crippen molar-refractivity contribution in [3.8, 4) is 0 Å². The fraction of sp³-hybridized carbons (Fsp3) is 0.750. The van der Waals surface area contributed by atoms with Crippen LogP contribution in [0.2, 0.25) is 0 Å². The van der Waals surface area contributed by atoms with Crippen LogP contribution >= 0.6 is 0 Å². The maximum atomic E-state index is 11.2. The zero-order valence-corrected chi connectivity index (χ0v) is 10.2. The molecule has 0 aliphatic carbocycles. The molecule has 88 valence electrons. The molecule has 15 heavy (non-hydrogen) atoms. The van der Waals surface area contributed by atoms with E-state index < -0.39 is 0 Å². The minimum Gasteiger partial charge on any atom is -0.457 e. The van der Waals surface area contributed by atoms with E-state index in [0.29, 0.717) is 12.2 Å². The number of esters is 1. The Kier molecular flexibility index (Phi) is 7.05. The summed E-state index contributed by atoms with van der Waals surface area (Å²) in [6.07, 6.45) is 1.84. The molecule has 0 saturated carbocycles. The third-order valence-electron chi connectivity index (χ3n) is 2.18. The van der Waals surface area contributed by atoms with Crippen molar-refractivity contribution in [1.29, 1.82) is 0 Å². The first-order valence-corrected chi connectivity index (χ1v) is 5.47. The summed E-state index contributed by atoms with van der Waals surface area (Å²) in [5.41, 5.74) is 0.419. The van der Waals surface area contributed by atoms with E-state index in [0.717, 1.165) is 12.8 Å². The van der Waals surface area contributed by atoms with Gasteiger partial charge in [-0.3, -0.25) is 0 Å². The van der Waals surface area contributed by atoms with Crippen LogP contribution < -0.4 is 0 Å². The van der Waals surface area contributed by atoms with Crippen LogP contribution in [0.1, 0.15) is 40.5 Å². The van der Waals surface area contributed by atoms with E-state index in [9.17, 15) is 4.79 Å². The van der Waals surface area contributed by atoms with E-state index in [1.165, 1.54) is 0 Å². The second-order valence-electron chi connectivity index (χ2n) is 3.82. The lowest BCUT2D eigenvalue weighted by molar-refractivity contribution is -0.150. The van der Waals surface area contributed by atoms with Crippen LogP contribution in [0.15, 0.2) is 12.2 Å². The molecule has 0 bridgehead atoms. The van der Waals surface area contributed by atoms with Gasteiger partial charge in [-0.25, -0.2) is 4.79 Å². The van der Waals surface area contributed by atoms with Crippen molar-refractivity contribution in [2.45, 2.75) is 52.7 Å². The Morgan fingerprint density at radius 3 is 2.40 bits per heavy atom. The van der Waals surface area contributed by atoms with Gasteiger partial charge in [-0.1, -0.05) is 19.9 Å². The van der Waals surface area contributed by atoms with Gasteiger partial charge in [0.1, 0.15) is 6.10 Å². The van der Waals surface area contributed by atoms with Gasteiger partial charge >= 0.3 is 5.97 Å². The molecule has 0 rings (SSSR count). The molecule has 0 fully saturated rings. The van der Waals surface area contributed by atoms with Crippen LogP contribution in [0.4, 0.5) is 0 Å². The molecule has 0 saturated heterocycles. The Labute approximate surface area is 92.5 Å². The predicted octanol–water partition coefficient (Wildman–Crippen LogP) is 2.70. The number of carbonyl (C=O) groups excluding carboxylic acids is 1. The molecule has 0 N–H and O–H groups in total. The van der Waals surface area contributed by atoms with E-state index in [2.05, 4.69) is 13.5 Å². The van der Waals surface area contributed by atoms with Gasteiger partial charge in [-0.05, 0) is 27.2 Å². The maximum absolute atomic E-state index is 11.2. The average molecular weight is 214 g/mol. The third-order valence-corrected chi connectivity index (χ3v) is 2.18. The van der Waals surface area contributed by atoms with E-state index in [-0.39, 0.29) is 18.2 Å². The quantitative estimate of drug-likeness (QED) is 0.371. The summed E-state index contributed by atoms with van der Waals surface area (Å²) < 4.78 is 10.7. The number of carbonyl (C=O) groups is 1. The summed E-state index contributed by atoms with van der Waals surface area (Å²) in [5.74, 6) is -0.353. The smallest absolute Gasteiger partial charge is 0.333 e. The summed E-state index contributed by atoms with van der Waals surface area (Å²) in [4.78, 5) is 11.2. The lowest BCUT2D eigenvalue weighted by Crippen LogP contribution is -2.29. The normalized spacial score (nSPS) is 14.4. The molecule has 0 aliphatic rings. The molecular formula is C12H22O3. The topological polar surface area (TPSA) is 35.5 Å². The summed E-state index contributed by atoms with van der Waals surface area (Å²) in [6.45, 7) is 11.7. The van der Waals surface area contributed by atoms with Gasteiger partial charge in [0.15, 0.2) is 0 Å². The molecule has 3 heteroatoms. The molecule has 0 amide bonds. The third kappa shape index (κ3) is 6.28. The van der Waals surface area contributed by atoms with Gasteiger partial charge in [-0.15, -0.1) is 0 Å². The molecule has 0 aromatic carbocycles. The molecule has 0 aromatic heterocycles. The number of hydrogen-bond donors (Lipinski definition) is 0. The summed E-state index contributed by atoms with van der Waals surface area (Å²) >= 11 is 0. The van der Waals surface area contributed by atoms with E-state index >= 15 is 0 Å². The zero-order valence-electron chi connectivity index (χ0n) is 10.2. The summed E-state index contributed by atoms with van der Waals surface area (Å²) in [7, 11) is 0. The number of hydrogen-bond acceptors (Lipinski definition) is 3. The van der Waals surface area contributed by atoms with E-state index in [4.69, 9.17) is 9.47 Å². The molecular weight excluding hydrogens is 192 g/mol. The van der Waals surface area contributed by atoms with Crippen LogP contribution in [0, 0.1) is 0 Å². The Balaban J connectivity index is 3.82. The van der Waals surface area contributed by atoms with Crippen LogP contribution in [-0.2, 0) is 14.3 Å². The van der Waals surface area contributed by atoms with Gasteiger partial charge in [0.05, 0.1) is 6.10 Å². The Hall–Kier alpha value is -0.830. The maximum Gasteiger partial charge on any atom is 0.333 e. The molecule has 0 aromatic rings. The minimum absolute atomic E-state index is 0.0696. The zero-order chi connectivity index (χ0) is 11.8. The van der Waals surface area contributed by atoms with Crippen molar-refractivity contribution in [1.82, 2.24) is 0 Å². The van der Waals surface area contributed by atoms with E-state index in [1.807, 2.05) is 13.8 Å². The number of unbranched alkanes of at least 4 members (excludes halogenated alkanes) is 1. The largest absolute Gasteiger partial charge is 0.457 e. The van der Waals surface area contributed by atoms with Gasteiger partial charge in [-0.2, -0.15) is 0 Å². The average Bonchev–Trinajstić information content (AvgIpc) is 2.17. The van der Waals surface area contributed by atoms with Gasteiger partial charge in [0, 0.05) is 12.2 Å². The van der Waals surface area contributed by atoms with Crippen molar-refractivity contribution in [2.75, 3.05) is 6.61 Å². The fourth-order valence-corrected chi connectivity index (χ4v) is 0.914. The van der Waals surface area contributed by atoms with Crippen molar-refractivity contribution in [3.63, 3.8) is 0 Å². The van der Waals surface area contributed by atoms with Crippen molar-refractivity contribution >= 4 is 5.97 Å². The lowest BCUT2D eigenvalue weighted by Gasteiger charge is -2.20. The van der Waals surface area contributed by atoms with Gasteiger partial charge in [0.25, 0.3) is 0 Å². The molecule has 0 radical (unpaired) electrons. The molecule has 2 unspecified atom stereocenters. The van der Waals surface area contributed by atoms with E-state index in [1.54, 1.807) is 6.92 Å². The highest BCUT2D eigenvalue weighted by atomic mass is 16.6. The van der Waals surface area contributed by atoms with Crippen molar-refractivity contribution in [3.05, 3.63) is 12.2 Å². The SMILES string of the molecule is C=C(C)C(=O)OC(C)C(C)OCCCC. The highest BCUT2D eigenvalue weighted by molar-refractivity contribution is 5.87. The molecule has 2 atom stereocenters. The Morgan fingerprint density at radius 2 is 1.93 bits per heavy atom. The summed E-state index contributed by atoms with van der Waals surface area (Å²) in [5, 5.41) is 0. The van der Waals surface area contributed by atoms with Gasteiger partial charge in [0.2, 0.25) is 0 Å². The minimum atomic E-state index is -0.353. The lowest BCUT2D eigenvalue weighted by atomic mass is 10.2. The molecule has 3 nitrogen and oxygen atoms in total. The first kappa shape index (κ1) is 14.2. The highest BCUT2D eigenvalue weighted by Gasteiger charge is 2.17. The van der Waals surface area contributed by atoms with Crippen molar-refractivity contribution in [2.24, 2.45) is 0 Å². The standard InChI is InChI=1S/C12H22O3/c1-6-7-8-14-10(4)11(5)15-12(13)9(2)3/h10-11H,2,6-8H2,1,3-5H3. The highest BCUT2D eigenvalue weighted by Crippen LogP contribution is 2.06. The molecule has 0 heterocycles. The monoisotopic (exact) mass is 214 g/mol. The van der Waals surface area contributed by atoms with Crippen LogP contribution in [0.25, 0.3) is 0 Å². The fourth-order valence-electron chi connectivity index (χ4n) is 0.914. The summed E-state index contributed by atoms with van der Waals surface area (Å²) in [6, 6.07) is 0. The molecule has 0 aliphatic heterocycles. The number of rotatable bonds is 7. The second-order valence-corrected chi connectivity index (χ2v) is 3.82. The number of ether oxygens (including phenoxy) is 2. The van der Waals surface area contributed by atoms with Crippen LogP contribution in [0.5, 0.6) is 0 Å². The molecule has 0 spiro atoms. The van der Waals surface area contributed by atoms with Crippen LogP contribution in [0.3, 0.4) is 0 Å². The first-order chi connectivity index (χ1) is 6.99. The Morgan fingerprint density at radius 1 is 1.33 bits per heavy atom. The van der Waals surface area contributed by atoms with Crippen molar-refractivity contribution < 1.29 is 14.3 Å². The second kappa shape index (κ2) is 7.46. The predicted molar refractivity (Wildman–Crippen MR) is 60.7 cm³/mol. The van der Waals surface area contributed by atoms with Crippen LogP contribution in [-0.4, -0.2) is 24.8 Å². The van der Waals surface area contributed by atoms with Gasteiger partial charge < -0.3 is 9.47 Å².